The van der Waals surface area contributed by atoms with E-state index in [1.54, 1.807) is 12.1 Å². The first-order valence-corrected chi connectivity index (χ1v) is 14.9. The van der Waals surface area contributed by atoms with Crippen LogP contribution in [-0.2, 0) is 13.2 Å². The summed E-state index contributed by atoms with van der Waals surface area (Å²) in [7, 11) is 0. The third-order valence-electron chi connectivity index (χ3n) is 7.93. The van der Waals surface area contributed by atoms with Gasteiger partial charge in [-0.05, 0) is 48.0 Å². The van der Waals surface area contributed by atoms with Crippen LogP contribution in [0.1, 0.15) is 23.7 Å². The summed E-state index contributed by atoms with van der Waals surface area (Å²) in [6.45, 7) is 3.62. The van der Waals surface area contributed by atoms with Crippen LogP contribution >= 0.6 is 0 Å². The Labute approximate surface area is 267 Å². The number of halogens is 4. The zero-order valence-electron chi connectivity index (χ0n) is 25.0. The van der Waals surface area contributed by atoms with Gasteiger partial charge >= 0.3 is 12.4 Å². The molecule has 0 saturated carbocycles. The SMILES string of the molecule is O=[N+]([O-])C1C[C@H](COc2ccc(N3CCN(Cc4ccc(OCc5ccc(OC(F)(F)F)cc5)cc4F)CC3)cc2)Oc2nccn21. The number of anilines is 1. The lowest BCUT2D eigenvalue weighted by Crippen LogP contribution is -2.46. The fourth-order valence-electron chi connectivity index (χ4n) is 5.50. The predicted octanol–water partition coefficient (Wildman–Crippen LogP) is 5.83. The van der Waals surface area contributed by atoms with Crippen LogP contribution in [-0.4, -0.2) is 64.6 Å². The van der Waals surface area contributed by atoms with Crippen LogP contribution in [0, 0.1) is 15.9 Å². The Bertz CT molecular complexity index is 1660. The van der Waals surface area contributed by atoms with Crippen molar-refractivity contribution in [3.05, 3.63) is 106 Å². The molecular weight excluding hydrogens is 626 g/mol. The highest BCUT2D eigenvalue weighted by molar-refractivity contribution is 5.49. The van der Waals surface area contributed by atoms with Crippen LogP contribution in [0.2, 0.25) is 0 Å². The Morgan fingerprint density at radius 1 is 0.936 bits per heavy atom. The van der Waals surface area contributed by atoms with Gasteiger partial charge in [0, 0.05) is 67.4 Å². The van der Waals surface area contributed by atoms with Crippen molar-refractivity contribution in [3.8, 4) is 23.3 Å². The van der Waals surface area contributed by atoms with Crippen molar-refractivity contribution in [1.29, 1.82) is 0 Å². The smallest absolute Gasteiger partial charge is 0.490 e. The van der Waals surface area contributed by atoms with Gasteiger partial charge in [0.1, 0.15) is 42.4 Å². The normalized spacial score (nSPS) is 18.3. The van der Waals surface area contributed by atoms with Crippen molar-refractivity contribution < 1.29 is 41.4 Å². The predicted molar refractivity (Wildman–Crippen MR) is 161 cm³/mol. The third-order valence-corrected chi connectivity index (χ3v) is 7.93. The van der Waals surface area contributed by atoms with Crippen LogP contribution in [0.4, 0.5) is 23.2 Å². The molecule has 248 valence electrons. The molecule has 0 spiro atoms. The van der Waals surface area contributed by atoms with E-state index < -0.39 is 24.4 Å². The Morgan fingerprint density at radius 2 is 1.64 bits per heavy atom. The maximum absolute atomic E-state index is 14.9. The Morgan fingerprint density at radius 3 is 2.32 bits per heavy atom. The lowest BCUT2D eigenvalue weighted by Gasteiger charge is -2.36. The number of ether oxygens (including phenoxy) is 4. The first kappa shape index (κ1) is 31.9. The number of imidazole rings is 1. The van der Waals surface area contributed by atoms with Crippen LogP contribution < -0.4 is 23.8 Å². The quantitative estimate of drug-likeness (QED) is 0.112. The molecule has 2 atom stereocenters. The second kappa shape index (κ2) is 13.7. The average Bonchev–Trinajstić information content (AvgIpc) is 3.53. The summed E-state index contributed by atoms with van der Waals surface area (Å²) in [6, 6.07) is 17.8. The first-order chi connectivity index (χ1) is 22.6. The molecule has 1 unspecified atom stereocenters. The number of aromatic nitrogens is 2. The van der Waals surface area contributed by atoms with Gasteiger partial charge in [-0.25, -0.2) is 13.9 Å². The summed E-state index contributed by atoms with van der Waals surface area (Å²) in [5.41, 5.74) is 2.17. The molecule has 47 heavy (non-hydrogen) atoms. The fourth-order valence-corrected chi connectivity index (χ4v) is 5.50. The van der Waals surface area contributed by atoms with Crippen molar-refractivity contribution in [2.24, 2.45) is 0 Å². The van der Waals surface area contributed by atoms with E-state index in [0.717, 1.165) is 31.9 Å². The number of hydrogen-bond acceptors (Lipinski definition) is 9. The zero-order valence-corrected chi connectivity index (χ0v) is 25.0. The van der Waals surface area contributed by atoms with Gasteiger partial charge in [0.05, 0.1) is 6.42 Å². The van der Waals surface area contributed by atoms with Gasteiger partial charge < -0.3 is 23.8 Å². The van der Waals surface area contributed by atoms with Crippen LogP contribution in [0.15, 0.2) is 79.1 Å². The maximum atomic E-state index is 14.9. The molecule has 1 fully saturated rings. The van der Waals surface area contributed by atoms with Gasteiger partial charge in [0.15, 0.2) is 0 Å². The summed E-state index contributed by atoms with van der Waals surface area (Å²) >= 11 is 0. The van der Waals surface area contributed by atoms with Gasteiger partial charge in [-0.1, -0.05) is 18.2 Å². The molecule has 2 aliphatic heterocycles. The summed E-state index contributed by atoms with van der Waals surface area (Å²) < 4.78 is 74.4. The van der Waals surface area contributed by atoms with E-state index in [-0.39, 0.29) is 36.3 Å². The molecule has 0 radical (unpaired) electrons. The van der Waals surface area contributed by atoms with E-state index in [4.69, 9.17) is 14.2 Å². The van der Waals surface area contributed by atoms with Crippen LogP contribution in [0.3, 0.4) is 0 Å². The number of benzene rings is 3. The number of fused-ring (bicyclic) bond motifs is 1. The third kappa shape index (κ3) is 8.22. The molecule has 6 rings (SSSR count). The second-order valence-corrected chi connectivity index (χ2v) is 11.2. The lowest BCUT2D eigenvalue weighted by atomic mass is 10.1. The molecule has 0 amide bonds. The minimum Gasteiger partial charge on any atom is -0.490 e. The highest BCUT2D eigenvalue weighted by Crippen LogP contribution is 2.30. The molecular formula is C32H31F4N5O6. The van der Waals surface area contributed by atoms with Crippen molar-refractivity contribution in [1.82, 2.24) is 14.5 Å². The molecule has 1 saturated heterocycles. The van der Waals surface area contributed by atoms with Crippen LogP contribution in [0.25, 0.3) is 0 Å². The summed E-state index contributed by atoms with van der Waals surface area (Å²) in [4.78, 5) is 19.6. The number of rotatable bonds is 11. The highest BCUT2D eigenvalue weighted by atomic mass is 19.4. The number of alkyl halides is 3. The van der Waals surface area contributed by atoms with E-state index in [0.29, 0.717) is 29.2 Å². The summed E-state index contributed by atoms with van der Waals surface area (Å²) in [5.74, 6) is 0.221. The molecule has 15 heteroatoms. The largest absolute Gasteiger partial charge is 0.573 e. The fraction of sp³-hybridized carbons (Fsp3) is 0.344. The number of hydrogen-bond donors (Lipinski definition) is 0. The van der Waals surface area contributed by atoms with Gasteiger partial charge in [-0.2, -0.15) is 0 Å². The molecule has 0 N–H and O–H groups in total. The van der Waals surface area contributed by atoms with E-state index in [2.05, 4.69) is 19.5 Å². The number of nitro groups is 1. The van der Waals surface area contributed by atoms with Gasteiger partial charge in [-0.3, -0.25) is 15.0 Å². The van der Waals surface area contributed by atoms with Crippen molar-refractivity contribution >= 4 is 5.69 Å². The monoisotopic (exact) mass is 657 g/mol. The van der Waals surface area contributed by atoms with E-state index in [1.807, 2.05) is 24.3 Å². The minimum atomic E-state index is -4.76. The highest BCUT2D eigenvalue weighted by Gasteiger charge is 2.36. The molecule has 11 nitrogen and oxygen atoms in total. The van der Waals surface area contributed by atoms with Gasteiger partial charge in [0.2, 0.25) is 0 Å². The zero-order chi connectivity index (χ0) is 33.0. The Hall–Kier alpha value is -5.05. The summed E-state index contributed by atoms with van der Waals surface area (Å²) in [5, 5.41) is 11.5. The maximum Gasteiger partial charge on any atom is 0.573 e. The number of nitrogens with zero attached hydrogens (tertiary/aromatic N) is 5. The van der Waals surface area contributed by atoms with E-state index >= 15 is 0 Å². The molecule has 0 aliphatic carbocycles. The topological polar surface area (TPSA) is 104 Å². The molecule has 3 heterocycles. The minimum absolute atomic E-state index is 0.0619. The molecule has 0 bridgehead atoms. The average molecular weight is 658 g/mol. The van der Waals surface area contributed by atoms with E-state index in [1.165, 1.54) is 47.3 Å². The standard InChI is InChI=1S/C32H31F4N5O6/c33-29-17-27(44-20-22-1-6-26(7-2-22)47-32(34,35)36)8-3-23(29)19-38-13-15-39(16-14-38)24-4-9-25(10-5-24)45-21-28-18-30(41(42)43)40-12-11-37-31(40)46-28/h1-12,17,28,30H,13-16,18-21H2/t28-,30?/m1/s1. The van der Waals surface area contributed by atoms with Crippen molar-refractivity contribution in [2.75, 3.05) is 37.7 Å². The van der Waals surface area contributed by atoms with Crippen LogP contribution in [0.5, 0.6) is 23.3 Å². The summed E-state index contributed by atoms with van der Waals surface area (Å²) in [6.07, 6.45) is -3.03. The van der Waals surface area contributed by atoms with E-state index in [9.17, 15) is 27.7 Å². The molecule has 1 aromatic heterocycles. The molecule has 4 aromatic rings. The molecule has 2 aliphatic rings. The molecule has 3 aromatic carbocycles. The lowest BCUT2D eigenvalue weighted by molar-refractivity contribution is -0.553. The first-order valence-electron chi connectivity index (χ1n) is 14.9. The van der Waals surface area contributed by atoms with Gasteiger partial charge in [0.25, 0.3) is 6.17 Å². The number of piperazine rings is 1. The Kier molecular flexibility index (Phi) is 9.33. The second-order valence-electron chi connectivity index (χ2n) is 11.2. The Balaban J connectivity index is 0.938. The van der Waals surface area contributed by atoms with Crippen molar-refractivity contribution in [2.45, 2.75) is 38.2 Å². The van der Waals surface area contributed by atoms with Gasteiger partial charge in [-0.15, -0.1) is 13.2 Å². The van der Waals surface area contributed by atoms with Crippen molar-refractivity contribution in [3.63, 3.8) is 0 Å².